The fraction of sp³-hybridized carbons (Fsp3) is 0.469. The lowest BCUT2D eigenvalue weighted by Gasteiger charge is -2.57. The zero-order valence-corrected chi connectivity index (χ0v) is 23.0. The van der Waals surface area contributed by atoms with Gasteiger partial charge in [-0.15, -0.1) is 0 Å². The number of methoxy groups -OCH3 is 1. The molecule has 0 spiro atoms. The van der Waals surface area contributed by atoms with Crippen LogP contribution in [0.15, 0.2) is 48.0 Å². The van der Waals surface area contributed by atoms with Crippen molar-refractivity contribution in [2.45, 2.75) is 57.8 Å². The van der Waals surface area contributed by atoms with Crippen molar-refractivity contribution in [3.05, 3.63) is 59.2 Å². The molecule has 4 aliphatic carbocycles. The van der Waals surface area contributed by atoms with Crippen molar-refractivity contribution in [3.8, 4) is 5.75 Å². The fourth-order valence-electron chi connectivity index (χ4n) is 8.08. The lowest BCUT2D eigenvalue weighted by molar-refractivity contribution is -0.122. The van der Waals surface area contributed by atoms with E-state index in [9.17, 15) is 14.4 Å². The van der Waals surface area contributed by atoms with Crippen LogP contribution in [0.5, 0.6) is 5.75 Å². The highest BCUT2D eigenvalue weighted by Gasteiger charge is 2.51. The number of urea groups is 1. The van der Waals surface area contributed by atoms with Crippen LogP contribution in [0.2, 0.25) is 0 Å². The van der Waals surface area contributed by atoms with Crippen LogP contribution in [0.1, 0.15) is 63.5 Å². The normalized spacial score (nSPS) is 28.7. The zero-order valence-electron chi connectivity index (χ0n) is 23.0. The molecule has 39 heavy (non-hydrogen) atoms. The first-order valence-corrected chi connectivity index (χ1v) is 14.3. The molecular formula is C32H37N3O4. The number of carbonyl (C=O) groups excluding carboxylic acids is 3. The second kappa shape index (κ2) is 9.85. The van der Waals surface area contributed by atoms with E-state index in [0.29, 0.717) is 17.0 Å². The van der Waals surface area contributed by atoms with Gasteiger partial charge in [0.25, 0.3) is 11.8 Å². The van der Waals surface area contributed by atoms with Gasteiger partial charge in [-0.25, -0.2) is 9.69 Å². The number of hydrogen-bond donors (Lipinski definition) is 1. The van der Waals surface area contributed by atoms with Gasteiger partial charge in [-0.05, 0) is 111 Å². The molecule has 7 rings (SSSR count). The summed E-state index contributed by atoms with van der Waals surface area (Å²) in [7, 11) is 1.56. The first-order valence-electron chi connectivity index (χ1n) is 14.3. The molecule has 1 aliphatic heterocycles. The van der Waals surface area contributed by atoms with Gasteiger partial charge in [0.1, 0.15) is 11.3 Å². The van der Waals surface area contributed by atoms with Crippen molar-refractivity contribution in [1.82, 2.24) is 5.32 Å². The van der Waals surface area contributed by atoms with Gasteiger partial charge in [-0.2, -0.15) is 0 Å². The van der Waals surface area contributed by atoms with Crippen molar-refractivity contribution in [1.29, 1.82) is 0 Å². The van der Waals surface area contributed by atoms with Crippen molar-refractivity contribution >= 4 is 35.3 Å². The molecule has 5 aliphatic rings. The Morgan fingerprint density at radius 3 is 2.13 bits per heavy atom. The number of amides is 4. The van der Waals surface area contributed by atoms with Gasteiger partial charge < -0.3 is 9.64 Å². The number of benzene rings is 2. The van der Waals surface area contributed by atoms with E-state index in [1.165, 1.54) is 50.2 Å². The van der Waals surface area contributed by atoms with Crippen LogP contribution in [-0.4, -0.2) is 38.0 Å². The molecule has 4 bridgehead atoms. The lowest BCUT2D eigenvalue weighted by atomic mass is 9.48. The SMILES string of the molecule is CCN(CC)c1ccc(/C=C2\C(=O)NC(=O)N(c3ccc(C45CC6CC(CC(C6)C4)C5)cc3)C2=O)c(OC)c1. The van der Waals surface area contributed by atoms with Gasteiger partial charge in [0, 0.05) is 30.4 Å². The number of nitrogens with one attached hydrogen (secondary N) is 1. The summed E-state index contributed by atoms with van der Waals surface area (Å²) in [6.45, 7) is 5.86. The number of rotatable bonds is 7. The molecule has 0 unspecified atom stereocenters. The Morgan fingerprint density at radius 1 is 0.949 bits per heavy atom. The molecule has 5 fully saturated rings. The first kappa shape index (κ1) is 25.7. The summed E-state index contributed by atoms with van der Waals surface area (Å²) in [6, 6.07) is 12.9. The van der Waals surface area contributed by atoms with Gasteiger partial charge in [0.15, 0.2) is 0 Å². The molecule has 4 saturated carbocycles. The van der Waals surface area contributed by atoms with E-state index in [1.807, 2.05) is 30.3 Å². The minimum absolute atomic E-state index is 0.103. The van der Waals surface area contributed by atoms with Crippen molar-refractivity contribution in [2.24, 2.45) is 17.8 Å². The minimum atomic E-state index is -0.728. The molecular weight excluding hydrogens is 490 g/mol. The van der Waals surface area contributed by atoms with Crippen LogP contribution in [0.3, 0.4) is 0 Å². The first-order chi connectivity index (χ1) is 18.8. The minimum Gasteiger partial charge on any atom is -0.496 e. The molecule has 4 amide bonds. The molecule has 2 aromatic carbocycles. The van der Waals surface area contributed by atoms with Crippen molar-refractivity contribution in [3.63, 3.8) is 0 Å². The zero-order chi connectivity index (χ0) is 27.3. The van der Waals surface area contributed by atoms with Crippen molar-refractivity contribution in [2.75, 3.05) is 30.0 Å². The van der Waals surface area contributed by atoms with E-state index < -0.39 is 17.8 Å². The second-order valence-electron chi connectivity index (χ2n) is 11.8. The van der Waals surface area contributed by atoms with Gasteiger partial charge in [0.2, 0.25) is 0 Å². The number of ether oxygens (including phenoxy) is 1. The largest absolute Gasteiger partial charge is 0.496 e. The molecule has 2 aromatic rings. The van der Waals surface area contributed by atoms with E-state index in [0.717, 1.165) is 41.4 Å². The van der Waals surface area contributed by atoms with Gasteiger partial charge in [-0.3, -0.25) is 14.9 Å². The Balaban J connectivity index is 1.28. The van der Waals surface area contributed by atoms with E-state index in [-0.39, 0.29) is 11.0 Å². The third-order valence-corrected chi connectivity index (χ3v) is 9.52. The monoisotopic (exact) mass is 527 g/mol. The maximum atomic E-state index is 13.6. The van der Waals surface area contributed by atoms with Gasteiger partial charge >= 0.3 is 6.03 Å². The molecule has 1 heterocycles. The van der Waals surface area contributed by atoms with E-state index in [2.05, 4.69) is 36.2 Å². The highest BCUT2D eigenvalue weighted by Crippen LogP contribution is 2.60. The summed E-state index contributed by atoms with van der Waals surface area (Å²) in [5.74, 6) is 1.71. The highest BCUT2D eigenvalue weighted by atomic mass is 16.5. The van der Waals surface area contributed by atoms with Crippen LogP contribution in [0.25, 0.3) is 6.08 Å². The number of barbiturate groups is 1. The lowest BCUT2D eigenvalue weighted by Crippen LogP contribution is -2.54. The van der Waals surface area contributed by atoms with Crippen LogP contribution in [0.4, 0.5) is 16.2 Å². The van der Waals surface area contributed by atoms with E-state index >= 15 is 0 Å². The molecule has 0 atom stereocenters. The summed E-state index contributed by atoms with van der Waals surface area (Å²) in [4.78, 5) is 42.4. The Morgan fingerprint density at radius 2 is 1.56 bits per heavy atom. The van der Waals surface area contributed by atoms with E-state index in [1.54, 1.807) is 7.11 Å². The van der Waals surface area contributed by atoms with Gasteiger partial charge in [-0.1, -0.05) is 12.1 Å². The number of imide groups is 2. The quantitative estimate of drug-likeness (QED) is 0.371. The Bertz CT molecular complexity index is 1310. The summed E-state index contributed by atoms with van der Waals surface area (Å²) >= 11 is 0. The molecule has 7 heteroatoms. The summed E-state index contributed by atoms with van der Waals surface area (Å²) in [6.07, 6.45) is 9.39. The summed E-state index contributed by atoms with van der Waals surface area (Å²) < 4.78 is 5.59. The summed E-state index contributed by atoms with van der Waals surface area (Å²) in [5.41, 5.74) is 3.51. The predicted octanol–water partition coefficient (Wildman–Crippen LogP) is 5.68. The standard InChI is InChI=1S/C32H37N3O4/c1-4-34(5-2)26-9-6-23(28(16-26)39-3)15-27-29(36)33-31(38)35(30(27)37)25-10-7-24(8-11-25)32-17-20-12-21(18-32)14-22(13-20)19-32/h6-11,15-16,20-22H,4-5,12-14,17-19H2,1-3H3,(H,33,36,38)/b27-15+. The topological polar surface area (TPSA) is 79.0 Å². The van der Waals surface area contributed by atoms with Crippen molar-refractivity contribution < 1.29 is 19.1 Å². The van der Waals surface area contributed by atoms with Crippen LogP contribution < -0.4 is 19.9 Å². The van der Waals surface area contributed by atoms with Crippen LogP contribution in [-0.2, 0) is 15.0 Å². The molecule has 7 nitrogen and oxygen atoms in total. The third kappa shape index (κ3) is 4.42. The Labute approximate surface area is 230 Å². The third-order valence-electron chi connectivity index (χ3n) is 9.52. The number of anilines is 2. The summed E-state index contributed by atoms with van der Waals surface area (Å²) in [5, 5.41) is 2.35. The predicted molar refractivity (Wildman–Crippen MR) is 152 cm³/mol. The molecule has 204 valence electrons. The smallest absolute Gasteiger partial charge is 0.335 e. The molecule has 1 N–H and O–H groups in total. The van der Waals surface area contributed by atoms with Crippen LogP contribution >= 0.6 is 0 Å². The van der Waals surface area contributed by atoms with E-state index in [4.69, 9.17) is 4.74 Å². The number of nitrogens with zero attached hydrogens (tertiary/aromatic N) is 2. The average molecular weight is 528 g/mol. The fourth-order valence-corrected chi connectivity index (χ4v) is 8.08. The van der Waals surface area contributed by atoms with Crippen LogP contribution in [0, 0.1) is 17.8 Å². The number of carbonyl (C=O) groups is 3. The maximum absolute atomic E-state index is 13.6. The molecule has 1 saturated heterocycles. The Hall–Kier alpha value is -3.61. The maximum Gasteiger partial charge on any atom is 0.335 e. The number of hydrogen-bond acceptors (Lipinski definition) is 5. The highest BCUT2D eigenvalue weighted by molar-refractivity contribution is 6.39. The molecule has 0 radical (unpaired) electrons. The Kier molecular flexibility index (Phi) is 6.48. The second-order valence-corrected chi connectivity index (χ2v) is 11.8. The average Bonchev–Trinajstić information content (AvgIpc) is 2.91. The van der Waals surface area contributed by atoms with Gasteiger partial charge in [0.05, 0.1) is 12.8 Å². The molecule has 0 aromatic heterocycles.